The minimum absolute atomic E-state index is 0.122. The van der Waals surface area contributed by atoms with Gasteiger partial charge in [-0.05, 0) is 31.2 Å². The number of benzene rings is 2. The third-order valence-corrected chi connectivity index (χ3v) is 4.43. The molecule has 1 heterocycles. The Bertz CT molecular complexity index is 884. The van der Waals surface area contributed by atoms with Crippen molar-refractivity contribution in [1.82, 2.24) is 4.98 Å². The summed E-state index contributed by atoms with van der Waals surface area (Å²) in [5.74, 6) is -0.122. The predicted octanol–water partition coefficient (Wildman–Crippen LogP) is 4.97. The van der Waals surface area contributed by atoms with Gasteiger partial charge in [-0.1, -0.05) is 35.9 Å². The van der Waals surface area contributed by atoms with Crippen molar-refractivity contribution >= 4 is 28.1 Å². The topological polar surface area (TPSA) is 54.0 Å². The number of rotatable bonds is 6. The number of aryl methyl sites for hydroxylation is 1. The molecule has 0 fully saturated rings. The summed E-state index contributed by atoms with van der Waals surface area (Å²) >= 11 is 1.54. The van der Waals surface area contributed by atoms with Crippen LogP contribution >= 0.6 is 11.3 Å². The Labute approximate surface area is 151 Å². The summed E-state index contributed by atoms with van der Waals surface area (Å²) in [6.07, 6.45) is 1.79. The van der Waals surface area contributed by atoms with E-state index in [1.165, 1.54) is 0 Å². The fourth-order valence-corrected chi connectivity index (χ4v) is 3.04. The number of nitrogens with zero attached hydrogens (tertiary/aromatic N) is 1. The molecule has 126 valence electrons. The normalized spacial score (nSPS) is 10.3. The fraction of sp³-hybridized carbons (Fsp3) is 0.100. The van der Waals surface area contributed by atoms with Crippen LogP contribution in [0.25, 0.3) is 11.3 Å². The van der Waals surface area contributed by atoms with Gasteiger partial charge in [0.1, 0.15) is 0 Å². The Morgan fingerprint density at radius 1 is 1.24 bits per heavy atom. The molecule has 0 spiro atoms. The molecule has 5 heteroatoms. The highest BCUT2D eigenvalue weighted by Gasteiger charge is 2.08. The molecular formula is C20H19N3OS. The van der Waals surface area contributed by atoms with Gasteiger partial charge in [0.25, 0.3) is 5.91 Å². The van der Waals surface area contributed by atoms with Gasteiger partial charge in [-0.25, -0.2) is 4.98 Å². The lowest BCUT2D eigenvalue weighted by atomic mass is 10.1. The SMILES string of the molecule is C=CCNc1nc(-c2cccc(NC(=O)c3ccc(C)cc3)c2)cs1. The third-order valence-electron chi connectivity index (χ3n) is 3.63. The molecular weight excluding hydrogens is 330 g/mol. The van der Waals surface area contributed by atoms with Gasteiger partial charge in [-0.2, -0.15) is 0 Å². The zero-order chi connectivity index (χ0) is 17.6. The maximum Gasteiger partial charge on any atom is 0.255 e. The molecule has 25 heavy (non-hydrogen) atoms. The van der Waals surface area contributed by atoms with E-state index in [0.29, 0.717) is 12.1 Å². The average Bonchev–Trinajstić information content (AvgIpc) is 3.10. The summed E-state index contributed by atoms with van der Waals surface area (Å²) in [6, 6.07) is 15.2. The van der Waals surface area contributed by atoms with Gasteiger partial charge in [0.2, 0.25) is 0 Å². The summed E-state index contributed by atoms with van der Waals surface area (Å²) in [5.41, 5.74) is 4.35. The lowest BCUT2D eigenvalue weighted by Crippen LogP contribution is -2.11. The van der Waals surface area contributed by atoms with Gasteiger partial charge in [0.15, 0.2) is 5.13 Å². The molecule has 4 nitrogen and oxygen atoms in total. The van der Waals surface area contributed by atoms with Crippen molar-refractivity contribution < 1.29 is 4.79 Å². The predicted molar refractivity (Wildman–Crippen MR) is 105 cm³/mol. The van der Waals surface area contributed by atoms with Crippen molar-refractivity contribution in [2.75, 3.05) is 17.2 Å². The molecule has 0 aliphatic carbocycles. The number of nitrogens with one attached hydrogen (secondary N) is 2. The first-order chi connectivity index (χ1) is 12.2. The van der Waals surface area contributed by atoms with Crippen LogP contribution in [0.1, 0.15) is 15.9 Å². The number of hydrogen-bond donors (Lipinski definition) is 2. The van der Waals surface area contributed by atoms with Gasteiger partial charge in [-0.15, -0.1) is 17.9 Å². The standard InChI is InChI=1S/C20H19N3OS/c1-3-11-21-20-23-18(13-25-20)16-5-4-6-17(12-16)22-19(24)15-9-7-14(2)8-10-15/h3-10,12-13H,1,11H2,2H3,(H,21,23)(H,22,24). The van der Waals surface area contributed by atoms with E-state index >= 15 is 0 Å². The fourth-order valence-electron chi connectivity index (χ4n) is 2.31. The van der Waals surface area contributed by atoms with E-state index in [9.17, 15) is 4.79 Å². The minimum atomic E-state index is -0.122. The Hall–Kier alpha value is -2.92. The molecule has 0 aliphatic rings. The van der Waals surface area contributed by atoms with Crippen LogP contribution in [0.5, 0.6) is 0 Å². The molecule has 0 saturated heterocycles. The third kappa shape index (κ3) is 4.33. The van der Waals surface area contributed by atoms with E-state index in [2.05, 4.69) is 22.2 Å². The summed E-state index contributed by atoms with van der Waals surface area (Å²) < 4.78 is 0. The van der Waals surface area contributed by atoms with Crippen LogP contribution in [0.3, 0.4) is 0 Å². The maximum atomic E-state index is 12.4. The van der Waals surface area contributed by atoms with Gasteiger partial charge in [0, 0.05) is 28.7 Å². The number of anilines is 2. The van der Waals surface area contributed by atoms with Crippen molar-refractivity contribution in [1.29, 1.82) is 0 Å². The quantitative estimate of drug-likeness (QED) is 0.618. The van der Waals surface area contributed by atoms with Crippen LogP contribution < -0.4 is 10.6 Å². The summed E-state index contributed by atoms with van der Waals surface area (Å²) in [5, 5.41) is 8.96. The van der Waals surface area contributed by atoms with Gasteiger partial charge in [-0.3, -0.25) is 4.79 Å². The van der Waals surface area contributed by atoms with Crippen molar-refractivity contribution in [2.24, 2.45) is 0 Å². The second kappa shape index (κ2) is 7.77. The van der Waals surface area contributed by atoms with Crippen molar-refractivity contribution in [3.63, 3.8) is 0 Å². The minimum Gasteiger partial charge on any atom is -0.358 e. The number of amides is 1. The highest BCUT2D eigenvalue weighted by atomic mass is 32.1. The van der Waals surface area contributed by atoms with E-state index in [-0.39, 0.29) is 5.91 Å². The highest BCUT2D eigenvalue weighted by molar-refractivity contribution is 7.14. The molecule has 3 rings (SSSR count). The van der Waals surface area contributed by atoms with Crippen LogP contribution in [0.2, 0.25) is 0 Å². The van der Waals surface area contributed by atoms with Crippen LogP contribution in [0.15, 0.2) is 66.6 Å². The second-order valence-corrected chi connectivity index (χ2v) is 6.47. The van der Waals surface area contributed by atoms with E-state index < -0.39 is 0 Å². The van der Waals surface area contributed by atoms with E-state index in [4.69, 9.17) is 0 Å². The average molecular weight is 349 g/mol. The maximum absolute atomic E-state index is 12.4. The largest absolute Gasteiger partial charge is 0.358 e. The molecule has 3 aromatic rings. The Morgan fingerprint density at radius 3 is 2.80 bits per heavy atom. The zero-order valence-electron chi connectivity index (χ0n) is 14.0. The van der Waals surface area contributed by atoms with E-state index in [0.717, 1.165) is 27.6 Å². The molecule has 2 aromatic carbocycles. The van der Waals surface area contributed by atoms with Gasteiger partial charge < -0.3 is 10.6 Å². The van der Waals surface area contributed by atoms with Crippen LogP contribution in [-0.4, -0.2) is 17.4 Å². The molecule has 0 radical (unpaired) electrons. The molecule has 0 atom stereocenters. The molecule has 0 aliphatic heterocycles. The molecule has 0 unspecified atom stereocenters. The second-order valence-electron chi connectivity index (χ2n) is 5.61. The van der Waals surface area contributed by atoms with E-state index in [1.54, 1.807) is 17.4 Å². The van der Waals surface area contributed by atoms with Crippen molar-refractivity contribution in [3.8, 4) is 11.3 Å². The van der Waals surface area contributed by atoms with Crippen LogP contribution in [0, 0.1) is 6.92 Å². The zero-order valence-corrected chi connectivity index (χ0v) is 14.8. The highest BCUT2D eigenvalue weighted by Crippen LogP contribution is 2.27. The lowest BCUT2D eigenvalue weighted by molar-refractivity contribution is 0.102. The smallest absolute Gasteiger partial charge is 0.255 e. The Morgan fingerprint density at radius 2 is 2.04 bits per heavy atom. The Balaban J connectivity index is 1.75. The van der Waals surface area contributed by atoms with E-state index in [1.807, 2.05) is 60.8 Å². The van der Waals surface area contributed by atoms with Crippen LogP contribution in [0.4, 0.5) is 10.8 Å². The first-order valence-corrected chi connectivity index (χ1v) is 8.82. The monoisotopic (exact) mass is 349 g/mol. The van der Waals surface area contributed by atoms with Crippen molar-refractivity contribution in [2.45, 2.75) is 6.92 Å². The summed E-state index contributed by atoms with van der Waals surface area (Å²) in [4.78, 5) is 16.9. The summed E-state index contributed by atoms with van der Waals surface area (Å²) in [6.45, 7) is 6.36. The summed E-state index contributed by atoms with van der Waals surface area (Å²) in [7, 11) is 0. The number of hydrogen-bond acceptors (Lipinski definition) is 4. The van der Waals surface area contributed by atoms with Crippen LogP contribution in [-0.2, 0) is 0 Å². The lowest BCUT2D eigenvalue weighted by Gasteiger charge is -2.07. The molecule has 0 bridgehead atoms. The number of carbonyl (C=O) groups excluding carboxylic acids is 1. The first kappa shape index (κ1) is 16.9. The first-order valence-electron chi connectivity index (χ1n) is 7.94. The van der Waals surface area contributed by atoms with Crippen molar-refractivity contribution in [3.05, 3.63) is 77.7 Å². The molecule has 1 amide bonds. The Kier molecular flexibility index (Phi) is 5.26. The molecule has 2 N–H and O–H groups in total. The number of carbonyl (C=O) groups is 1. The number of thiazole rings is 1. The van der Waals surface area contributed by atoms with Gasteiger partial charge in [0.05, 0.1) is 5.69 Å². The molecule has 1 aromatic heterocycles. The van der Waals surface area contributed by atoms with Gasteiger partial charge >= 0.3 is 0 Å². The molecule has 0 saturated carbocycles. The number of aromatic nitrogens is 1.